The maximum Gasteiger partial charge on any atom is 0.421 e. The molecule has 0 spiro atoms. The summed E-state index contributed by atoms with van der Waals surface area (Å²) < 4.78 is 50.4. The molecule has 0 aliphatic carbocycles. The van der Waals surface area contributed by atoms with Crippen LogP contribution in [0.25, 0.3) is 11.1 Å². The molecular weight excluding hydrogens is 559 g/mol. The topological polar surface area (TPSA) is 75.1 Å². The predicted molar refractivity (Wildman–Crippen MR) is 158 cm³/mol. The lowest BCUT2D eigenvalue weighted by atomic mass is 9.92. The molecule has 1 aliphatic rings. The molecule has 2 aromatic carbocycles. The third-order valence-corrected chi connectivity index (χ3v) is 7.93. The molecule has 1 aliphatic heterocycles. The zero-order valence-electron chi connectivity index (χ0n) is 24.9. The number of pyridine rings is 1. The van der Waals surface area contributed by atoms with E-state index in [9.17, 15) is 23.1 Å². The zero-order valence-corrected chi connectivity index (χ0v) is 24.9. The Bertz CT molecular complexity index is 1330. The monoisotopic (exact) mass is 599 g/mol. The number of nitrogens with zero attached hydrogens (tertiary/aromatic N) is 3. The van der Waals surface area contributed by atoms with Gasteiger partial charge in [-0.2, -0.15) is 13.2 Å². The largest absolute Gasteiger partial charge is 0.463 e. The van der Waals surface area contributed by atoms with Crippen LogP contribution in [0, 0.1) is 6.92 Å². The van der Waals surface area contributed by atoms with Crippen LogP contribution < -0.4 is 0 Å². The number of ether oxygens (including phenoxy) is 2. The number of aryl methyl sites for hydroxylation is 1. The molecule has 1 saturated heterocycles. The van der Waals surface area contributed by atoms with E-state index >= 15 is 0 Å². The van der Waals surface area contributed by atoms with Gasteiger partial charge < -0.3 is 14.6 Å². The number of esters is 1. The summed E-state index contributed by atoms with van der Waals surface area (Å²) in [6.07, 6.45) is -0.938. The van der Waals surface area contributed by atoms with Gasteiger partial charge in [0, 0.05) is 57.8 Å². The first-order chi connectivity index (χ1) is 20.5. The molecular formula is C33H40F3N3O4. The first-order valence-corrected chi connectivity index (χ1v) is 14.6. The molecule has 0 amide bonds. The maximum absolute atomic E-state index is 13.2. The van der Waals surface area contributed by atoms with Crippen molar-refractivity contribution in [1.29, 1.82) is 0 Å². The smallest absolute Gasteiger partial charge is 0.421 e. The number of benzene rings is 2. The number of halogens is 3. The maximum atomic E-state index is 13.2. The van der Waals surface area contributed by atoms with Crippen molar-refractivity contribution in [2.24, 2.45) is 0 Å². The summed E-state index contributed by atoms with van der Waals surface area (Å²) in [6.45, 7) is 9.59. The predicted octanol–water partition coefficient (Wildman–Crippen LogP) is 5.48. The molecule has 1 N–H and O–H groups in total. The normalized spacial score (nSPS) is 17.9. The summed E-state index contributed by atoms with van der Waals surface area (Å²) >= 11 is 0. The Morgan fingerprint density at radius 2 is 1.72 bits per heavy atom. The van der Waals surface area contributed by atoms with Crippen molar-refractivity contribution in [3.05, 3.63) is 89.2 Å². The van der Waals surface area contributed by atoms with Crippen molar-refractivity contribution in [3.63, 3.8) is 0 Å². The quantitative estimate of drug-likeness (QED) is 0.218. The van der Waals surface area contributed by atoms with Gasteiger partial charge in [-0.15, -0.1) is 0 Å². The SMILES string of the molecule is CCOCCOC(=O)C[C@H]1CN(Cc2ccc(-c3ccc(C(C)(O)C(F)(F)F)cc3)c(C)c2)CCN1Cc1ccncc1. The van der Waals surface area contributed by atoms with E-state index in [1.807, 2.05) is 38.1 Å². The van der Waals surface area contributed by atoms with E-state index in [-0.39, 0.29) is 30.6 Å². The van der Waals surface area contributed by atoms with Gasteiger partial charge in [-0.3, -0.25) is 19.6 Å². The van der Waals surface area contributed by atoms with Gasteiger partial charge in [0.05, 0.1) is 13.0 Å². The Kier molecular flexibility index (Phi) is 10.9. The second-order valence-corrected chi connectivity index (χ2v) is 11.1. The number of hydrogen-bond acceptors (Lipinski definition) is 7. The van der Waals surface area contributed by atoms with Crippen LogP contribution in [0.5, 0.6) is 0 Å². The third kappa shape index (κ3) is 8.63. The van der Waals surface area contributed by atoms with Crippen molar-refractivity contribution in [3.8, 4) is 11.1 Å². The van der Waals surface area contributed by atoms with E-state index in [1.165, 1.54) is 12.1 Å². The van der Waals surface area contributed by atoms with Crippen LogP contribution in [-0.2, 0) is 33.0 Å². The van der Waals surface area contributed by atoms with Gasteiger partial charge in [0.2, 0.25) is 0 Å². The number of aromatic nitrogens is 1. The summed E-state index contributed by atoms with van der Waals surface area (Å²) in [7, 11) is 0. The Morgan fingerprint density at radius 3 is 2.37 bits per heavy atom. The minimum Gasteiger partial charge on any atom is -0.463 e. The molecule has 1 unspecified atom stereocenters. The summed E-state index contributed by atoms with van der Waals surface area (Å²) in [5.74, 6) is -0.241. The molecule has 232 valence electrons. The van der Waals surface area contributed by atoms with Crippen LogP contribution >= 0.6 is 0 Å². The molecule has 1 fully saturated rings. The van der Waals surface area contributed by atoms with Crippen LogP contribution in [-0.4, -0.2) is 77.5 Å². The minimum absolute atomic E-state index is 0.0192. The number of carbonyl (C=O) groups excluding carboxylic acids is 1. The van der Waals surface area contributed by atoms with Crippen LogP contribution in [0.3, 0.4) is 0 Å². The van der Waals surface area contributed by atoms with E-state index in [0.29, 0.717) is 26.3 Å². The lowest BCUT2D eigenvalue weighted by Gasteiger charge is -2.41. The number of hydrogen-bond donors (Lipinski definition) is 1. The Balaban J connectivity index is 1.42. The molecule has 0 bridgehead atoms. The molecule has 3 aromatic rings. The van der Waals surface area contributed by atoms with Crippen molar-refractivity contribution in [2.45, 2.75) is 58.1 Å². The highest BCUT2D eigenvalue weighted by Gasteiger charge is 2.51. The first kappa shape index (κ1) is 32.6. The van der Waals surface area contributed by atoms with E-state index in [2.05, 4.69) is 20.9 Å². The molecule has 4 rings (SSSR count). The van der Waals surface area contributed by atoms with Gasteiger partial charge >= 0.3 is 12.1 Å². The molecule has 1 aromatic heterocycles. The number of carbonyl (C=O) groups is 1. The van der Waals surface area contributed by atoms with E-state index in [0.717, 1.165) is 54.4 Å². The fourth-order valence-corrected chi connectivity index (χ4v) is 5.38. The van der Waals surface area contributed by atoms with E-state index in [4.69, 9.17) is 9.47 Å². The van der Waals surface area contributed by atoms with Crippen LogP contribution in [0.1, 0.15) is 42.5 Å². The highest BCUT2D eigenvalue weighted by atomic mass is 19.4. The summed E-state index contributed by atoms with van der Waals surface area (Å²) in [5.41, 5.74) is 1.82. The number of rotatable bonds is 12. The molecule has 2 heterocycles. The fraction of sp³-hybridized carbons (Fsp3) is 0.455. The second kappa shape index (κ2) is 14.4. The average Bonchev–Trinajstić information content (AvgIpc) is 2.97. The molecule has 7 nitrogen and oxygen atoms in total. The van der Waals surface area contributed by atoms with Crippen molar-refractivity contribution in [1.82, 2.24) is 14.8 Å². The first-order valence-electron chi connectivity index (χ1n) is 14.6. The molecule has 2 atom stereocenters. The minimum atomic E-state index is -4.76. The van der Waals surface area contributed by atoms with Gasteiger partial charge in [0.1, 0.15) is 6.61 Å². The Hall–Kier alpha value is -3.31. The summed E-state index contributed by atoms with van der Waals surface area (Å²) in [6, 6.07) is 15.9. The van der Waals surface area contributed by atoms with Gasteiger partial charge in [-0.25, -0.2) is 0 Å². The molecule has 0 saturated carbocycles. The average molecular weight is 600 g/mol. The number of aliphatic hydroxyl groups is 1. The lowest BCUT2D eigenvalue weighted by Crippen LogP contribution is -2.53. The molecule has 0 radical (unpaired) electrons. The fourth-order valence-electron chi connectivity index (χ4n) is 5.38. The number of alkyl halides is 3. The summed E-state index contributed by atoms with van der Waals surface area (Å²) in [5, 5.41) is 9.98. The van der Waals surface area contributed by atoms with Gasteiger partial charge in [-0.05, 0) is 66.3 Å². The van der Waals surface area contributed by atoms with Crippen LogP contribution in [0.15, 0.2) is 67.0 Å². The third-order valence-electron chi connectivity index (χ3n) is 7.93. The van der Waals surface area contributed by atoms with Crippen LogP contribution in [0.4, 0.5) is 13.2 Å². The highest BCUT2D eigenvalue weighted by Crippen LogP contribution is 2.39. The standard InChI is InChI=1S/C33H40F3N3O4/c1-4-42-17-18-43-31(40)20-29-23-38(15-16-39(29)22-25-11-13-37-14-12-25)21-26-5-10-30(24(2)19-26)27-6-8-28(9-7-27)32(3,41)33(34,35)36/h5-14,19,29,41H,4,15-18,20-23H2,1-3H3/t29-,32?/m0/s1. The molecule has 10 heteroatoms. The second-order valence-electron chi connectivity index (χ2n) is 11.1. The summed E-state index contributed by atoms with van der Waals surface area (Å²) in [4.78, 5) is 21.4. The lowest BCUT2D eigenvalue weighted by molar-refractivity contribution is -0.258. The van der Waals surface area contributed by atoms with Crippen LogP contribution in [0.2, 0.25) is 0 Å². The highest BCUT2D eigenvalue weighted by molar-refractivity contribution is 5.70. The van der Waals surface area contributed by atoms with Crippen molar-refractivity contribution >= 4 is 5.97 Å². The van der Waals surface area contributed by atoms with Gasteiger partial charge in [-0.1, -0.05) is 42.5 Å². The van der Waals surface area contributed by atoms with Crippen molar-refractivity contribution < 1.29 is 32.5 Å². The Labute approximate surface area is 251 Å². The zero-order chi connectivity index (χ0) is 31.0. The number of piperazine rings is 1. The van der Waals surface area contributed by atoms with Gasteiger partial charge in [0.25, 0.3) is 0 Å². The Morgan fingerprint density at radius 1 is 1.00 bits per heavy atom. The van der Waals surface area contributed by atoms with Gasteiger partial charge in [0.15, 0.2) is 5.60 Å². The van der Waals surface area contributed by atoms with E-state index < -0.39 is 11.8 Å². The van der Waals surface area contributed by atoms with Crippen molar-refractivity contribution in [2.75, 3.05) is 39.5 Å². The molecule has 43 heavy (non-hydrogen) atoms. The van der Waals surface area contributed by atoms with E-state index in [1.54, 1.807) is 24.5 Å².